The first kappa shape index (κ1) is 33.9. The van der Waals surface area contributed by atoms with Gasteiger partial charge in [-0.2, -0.15) is 36.9 Å². The van der Waals surface area contributed by atoms with E-state index in [0.717, 1.165) is 36.5 Å². The second kappa shape index (κ2) is 13.6. The molecule has 0 atom stereocenters. The van der Waals surface area contributed by atoms with Crippen molar-refractivity contribution in [3.05, 3.63) is 88.5 Å². The molecule has 3 aromatic rings. The first-order valence-corrected chi connectivity index (χ1v) is 14.3. The van der Waals surface area contributed by atoms with E-state index < -0.39 is 46.1 Å². The van der Waals surface area contributed by atoms with E-state index in [2.05, 4.69) is 10.6 Å². The summed E-state index contributed by atoms with van der Waals surface area (Å²) in [5, 5.41) is 23.2. The minimum Gasteiger partial charge on any atom is -0.332 e. The number of hydrogen-bond acceptors (Lipinski definition) is 5. The van der Waals surface area contributed by atoms with Crippen LogP contribution in [0.3, 0.4) is 0 Å². The maximum atomic E-state index is 13.5. The molecule has 0 aliphatic heterocycles. The third kappa shape index (κ3) is 7.64. The van der Waals surface area contributed by atoms with Crippen LogP contribution in [0.25, 0.3) is 0 Å². The normalized spacial score (nSPS) is 13.8. The van der Waals surface area contributed by atoms with E-state index in [9.17, 15) is 35.9 Å². The molecule has 0 bridgehead atoms. The lowest BCUT2D eigenvalue weighted by Crippen LogP contribution is -2.59. The Morgan fingerprint density at radius 2 is 1.39 bits per heavy atom. The molecule has 46 heavy (non-hydrogen) atoms. The van der Waals surface area contributed by atoms with Gasteiger partial charge in [0.25, 0.3) is 0 Å². The quantitative estimate of drug-likeness (QED) is 0.138. The second-order valence-electron chi connectivity index (χ2n) is 10.6. The predicted octanol–water partition coefficient (Wildman–Crippen LogP) is 7.75. The van der Waals surface area contributed by atoms with Gasteiger partial charge in [-0.25, -0.2) is 0 Å². The molecule has 14 heteroatoms. The number of halogens is 6. The SMILES string of the molecule is N#Cc1ccc(NC(=O)CCCc2ccc(N(C(=S)Nc3ccc(C#N)c(C(F)(F)F)c3)C3(C=O)CCC3)cc2)cc1C(F)(F)F. The number of nitrogens with zero attached hydrogens (tertiary/aromatic N) is 3. The van der Waals surface area contributed by atoms with Crippen LogP contribution in [-0.2, 0) is 28.4 Å². The number of amides is 1. The Morgan fingerprint density at radius 1 is 0.870 bits per heavy atom. The van der Waals surface area contributed by atoms with Crippen LogP contribution in [0.15, 0.2) is 60.7 Å². The number of alkyl halides is 6. The zero-order chi connectivity index (χ0) is 33.7. The number of hydrogen-bond donors (Lipinski definition) is 2. The molecule has 7 nitrogen and oxygen atoms in total. The molecule has 3 aromatic carbocycles. The zero-order valence-corrected chi connectivity index (χ0v) is 24.7. The van der Waals surface area contributed by atoms with Crippen molar-refractivity contribution in [2.24, 2.45) is 0 Å². The van der Waals surface area contributed by atoms with Crippen LogP contribution < -0.4 is 15.5 Å². The lowest BCUT2D eigenvalue weighted by Gasteiger charge is -2.47. The molecule has 238 valence electrons. The molecule has 0 aromatic heterocycles. The smallest absolute Gasteiger partial charge is 0.332 e. The van der Waals surface area contributed by atoms with E-state index in [1.807, 2.05) is 0 Å². The maximum absolute atomic E-state index is 13.5. The largest absolute Gasteiger partial charge is 0.417 e. The fraction of sp³-hybridized carbons (Fsp3) is 0.281. The lowest BCUT2D eigenvalue weighted by atomic mass is 9.76. The van der Waals surface area contributed by atoms with Crippen LogP contribution in [-0.4, -0.2) is 22.8 Å². The molecule has 0 radical (unpaired) electrons. The number of nitriles is 2. The summed E-state index contributed by atoms with van der Waals surface area (Å²) in [6.45, 7) is 0. The minimum absolute atomic E-state index is 0.00198. The van der Waals surface area contributed by atoms with E-state index in [-0.39, 0.29) is 22.9 Å². The summed E-state index contributed by atoms with van der Waals surface area (Å²) in [4.78, 5) is 26.2. The zero-order valence-electron chi connectivity index (χ0n) is 23.9. The first-order valence-electron chi connectivity index (χ1n) is 13.9. The Hall–Kier alpha value is -4.95. The van der Waals surface area contributed by atoms with Crippen molar-refractivity contribution in [2.45, 2.75) is 56.4 Å². The lowest BCUT2D eigenvalue weighted by molar-refractivity contribution is -0.138. The number of carbonyl (C=O) groups excluding carboxylic acids is 2. The topological polar surface area (TPSA) is 109 Å². The van der Waals surface area contributed by atoms with Gasteiger partial charge in [-0.1, -0.05) is 12.1 Å². The summed E-state index contributed by atoms with van der Waals surface area (Å²) in [5.41, 5.74) is -3.12. The summed E-state index contributed by atoms with van der Waals surface area (Å²) >= 11 is 5.57. The average molecular weight is 658 g/mol. The van der Waals surface area contributed by atoms with E-state index in [1.54, 1.807) is 29.2 Å². The fourth-order valence-electron chi connectivity index (χ4n) is 5.09. The highest BCUT2D eigenvalue weighted by Crippen LogP contribution is 2.40. The number of nitrogens with one attached hydrogen (secondary N) is 2. The Morgan fingerprint density at radius 3 is 1.83 bits per heavy atom. The van der Waals surface area contributed by atoms with Crippen molar-refractivity contribution in [2.75, 3.05) is 15.5 Å². The average Bonchev–Trinajstić information content (AvgIpc) is 2.98. The standard InChI is InChI=1S/C32H25F6N5O2S/c33-31(34,35)26-15-23(9-7-21(26)17-39)41-28(45)4-1-3-20-5-11-25(12-6-20)43(30(19-44)13-2-14-30)29(46)42-24-10-8-22(18-40)27(16-24)32(36,37)38/h5-12,15-16,19H,1-4,13-14H2,(H,41,45)(H,42,46). The third-order valence-electron chi connectivity index (χ3n) is 7.58. The Bertz CT molecular complexity index is 1720. The second-order valence-corrected chi connectivity index (χ2v) is 11.0. The molecule has 0 saturated heterocycles. The van der Waals surface area contributed by atoms with Gasteiger partial charge >= 0.3 is 12.4 Å². The molecular formula is C32H25F6N5O2S. The summed E-state index contributed by atoms with van der Waals surface area (Å²) < 4.78 is 80.1. The van der Waals surface area contributed by atoms with E-state index >= 15 is 0 Å². The van der Waals surface area contributed by atoms with Crippen LogP contribution >= 0.6 is 12.2 Å². The Kier molecular flexibility index (Phi) is 10.0. The van der Waals surface area contributed by atoms with Gasteiger partial charge in [0.1, 0.15) is 11.8 Å². The number of thiocarbonyl (C=S) groups is 1. The Labute approximate surface area is 265 Å². The number of anilines is 3. The summed E-state index contributed by atoms with van der Waals surface area (Å²) in [7, 11) is 0. The van der Waals surface area contributed by atoms with Crippen molar-refractivity contribution in [1.82, 2.24) is 0 Å². The van der Waals surface area contributed by atoms with Gasteiger partial charge in [0.15, 0.2) is 5.11 Å². The highest BCUT2D eigenvalue weighted by Gasteiger charge is 2.45. The molecule has 2 N–H and O–H groups in total. The number of benzene rings is 3. The van der Waals surface area contributed by atoms with Gasteiger partial charge in [-0.05, 0) is 98.4 Å². The van der Waals surface area contributed by atoms with Crippen LogP contribution in [0.5, 0.6) is 0 Å². The summed E-state index contributed by atoms with van der Waals surface area (Å²) in [6, 6.07) is 15.9. The van der Waals surface area contributed by atoms with Gasteiger partial charge in [-0.15, -0.1) is 0 Å². The minimum atomic E-state index is -4.77. The summed E-state index contributed by atoms with van der Waals surface area (Å²) in [5.74, 6) is -0.508. The van der Waals surface area contributed by atoms with Crippen molar-refractivity contribution in [3.63, 3.8) is 0 Å². The molecule has 1 aliphatic carbocycles. The maximum Gasteiger partial charge on any atom is 0.417 e. The molecule has 1 fully saturated rings. The van der Waals surface area contributed by atoms with Gasteiger partial charge < -0.3 is 20.3 Å². The molecule has 0 spiro atoms. The number of rotatable bonds is 9. The molecular weight excluding hydrogens is 632 g/mol. The van der Waals surface area contributed by atoms with Crippen LogP contribution in [0.1, 0.15) is 59.9 Å². The fourth-order valence-corrected chi connectivity index (χ4v) is 5.49. The molecule has 1 aliphatic rings. The predicted molar refractivity (Wildman–Crippen MR) is 162 cm³/mol. The summed E-state index contributed by atoms with van der Waals surface area (Å²) in [6.07, 6.45) is -6.27. The van der Waals surface area contributed by atoms with E-state index in [1.165, 1.54) is 24.3 Å². The van der Waals surface area contributed by atoms with Crippen molar-refractivity contribution in [1.29, 1.82) is 10.5 Å². The highest BCUT2D eigenvalue weighted by molar-refractivity contribution is 7.80. The number of carbonyl (C=O) groups is 2. The molecule has 0 heterocycles. The van der Waals surface area contributed by atoms with Gasteiger partial charge in [0.05, 0.1) is 34.4 Å². The van der Waals surface area contributed by atoms with Crippen LogP contribution in [0, 0.1) is 22.7 Å². The molecule has 0 unspecified atom stereocenters. The third-order valence-corrected chi connectivity index (χ3v) is 7.86. The van der Waals surface area contributed by atoms with E-state index in [0.29, 0.717) is 37.4 Å². The van der Waals surface area contributed by atoms with Crippen molar-refractivity contribution < 1.29 is 35.9 Å². The molecule has 4 rings (SSSR count). The molecule has 1 amide bonds. The monoisotopic (exact) mass is 657 g/mol. The highest BCUT2D eigenvalue weighted by atomic mass is 32.1. The Balaban J connectivity index is 1.43. The van der Waals surface area contributed by atoms with Crippen LogP contribution in [0.4, 0.5) is 43.4 Å². The van der Waals surface area contributed by atoms with Crippen molar-refractivity contribution in [3.8, 4) is 12.1 Å². The first-order chi connectivity index (χ1) is 21.7. The van der Waals surface area contributed by atoms with E-state index in [4.69, 9.17) is 22.7 Å². The van der Waals surface area contributed by atoms with Gasteiger partial charge in [0.2, 0.25) is 5.91 Å². The van der Waals surface area contributed by atoms with Crippen molar-refractivity contribution >= 4 is 46.6 Å². The van der Waals surface area contributed by atoms with Crippen LogP contribution in [0.2, 0.25) is 0 Å². The van der Waals surface area contributed by atoms with Gasteiger partial charge in [0, 0.05) is 23.5 Å². The number of aldehydes is 1. The molecule has 1 saturated carbocycles. The number of aryl methyl sites for hydroxylation is 1. The van der Waals surface area contributed by atoms with Gasteiger partial charge in [-0.3, -0.25) is 4.79 Å².